The quantitative estimate of drug-likeness (QED) is 0.736. The Morgan fingerprint density at radius 2 is 2.10 bits per heavy atom. The molecule has 0 aromatic rings. The Hall–Kier alpha value is -2.17. The predicted octanol–water partition coefficient (Wildman–Crippen LogP) is 2.62. The predicted molar refractivity (Wildman–Crippen MR) is 72.2 cm³/mol. The molecule has 1 fully saturated rings. The van der Waals surface area contributed by atoms with E-state index in [1.807, 2.05) is 18.4 Å². The van der Waals surface area contributed by atoms with Gasteiger partial charge in [0.2, 0.25) is 0 Å². The van der Waals surface area contributed by atoms with E-state index in [9.17, 15) is 4.79 Å². The molecular formula is C15H16N2O3. The van der Waals surface area contributed by atoms with Gasteiger partial charge in [0.15, 0.2) is 0 Å². The van der Waals surface area contributed by atoms with E-state index >= 15 is 0 Å². The van der Waals surface area contributed by atoms with Crippen LogP contribution in [0.25, 0.3) is 0 Å². The first-order valence-corrected chi connectivity index (χ1v) is 6.98. The molecule has 0 aromatic carbocycles. The van der Waals surface area contributed by atoms with Crippen molar-refractivity contribution in [2.45, 2.75) is 31.4 Å². The number of nitrogens with zero attached hydrogens (tertiary/aromatic N) is 2. The van der Waals surface area contributed by atoms with Crippen molar-refractivity contribution in [3.8, 4) is 0 Å². The van der Waals surface area contributed by atoms with Crippen molar-refractivity contribution in [1.29, 1.82) is 0 Å². The second-order valence-corrected chi connectivity index (χ2v) is 5.56. The molecule has 104 valence electrons. The summed E-state index contributed by atoms with van der Waals surface area (Å²) in [7, 11) is 0. The third-order valence-corrected chi connectivity index (χ3v) is 4.59. The van der Waals surface area contributed by atoms with Gasteiger partial charge in [-0.15, -0.1) is 0 Å². The summed E-state index contributed by atoms with van der Waals surface area (Å²) in [5.41, 5.74) is 2.33. The van der Waals surface area contributed by atoms with Gasteiger partial charge in [0.25, 0.3) is 0 Å². The molecule has 1 amide bonds. The van der Waals surface area contributed by atoms with Gasteiger partial charge < -0.3 is 14.7 Å². The molecule has 0 spiro atoms. The number of fused-ring (bicyclic) bond motifs is 2. The molecule has 5 nitrogen and oxygen atoms in total. The molecule has 3 atom stereocenters. The summed E-state index contributed by atoms with van der Waals surface area (Å²) in [5, 5.41) is 9.09. The molecular weight excluding hydrogens is 256 g/mol. The lowest BCUT2D eigenvalue weighted by atomic mass is 9.79. The second-order valence-electron chi connectivity index (χ2n) is 5.56. The molecule has 4 aliphatic rings. The summed E-state index contributed by atoms with van der Waals surface area (Å²) < 4.78 is 5.76. The first kappa shape index (κ1) is 11.6. The Bertz CT molecular complexity index is 576. The Morgan fingerprint density at radius 1 is 1.25 bits per heavy atom. The highest BCUT2D eigenvalue weighted by molar-refractivity contribution is 5.68. The second kappa shape index (κ2) is 4.16. The lowest BCUT2D eigenvalue weighted by Crippen LogP contribution is -2.46. The average molecular weight is 272 g/mol. The molecule has 1 N–H and O–H groups in total. The average Bonchev–Trinajstić information content (AvgIpc) is 2.63. The molecule has 3 heterocycles. The number of ether oxygens (including phenoxy) is 1. The smallest absolute Gasteiger partial charge is 0.415 e. The van der Waals surface area contributed by atoms with Gasteiger partial charge in [-0.25, -0.2) is 4.79 Å². The van der Waals surface area contributed by atoms with Gasteiger partial charge in [-0.1, -0.05) is 0 Å². The summed E-state index contributed by atoms with van der Waals surface area (Å²) >= 11 is 0. The number of hydrogen-bond acceptors (Lipinski definition) is 3. The largest absolute Gasteiger partial charge is 0.494 e. The van der Waals surface area contributed by atoms with Gasteiger partial charge in [0.05, 0.1) is 12.3 Å². The minimum Gasteiger partial charge on any atom is -0.494 e. The van der Waals surface area contributed by atoms with Gasteiger partial charge in [0.1, 0.15) is 6.10 Å². The summed E-state index contributed by atoms with van der Waals surface area (Å²) in [6.45, 7) is 0. The van der Waals surface area contributed by atoms with Crippen molar-refractivity contribution >= 4 is 6.09 Å². The van der Waals surface area contributed by atoms with Gasteiger partial charge in [0, 0.05) is 30.2 Å². The van der Waals surface area contributed by atoms with Crippen LogP contribution in [0, 0.1) is 5.92 Å². The van der Waals surface area contributed by atoms with E-state index in [4.69, 9.17) is 9.84 Å². The summed E-state index contributed by atoms with van der Waals surface area (Å²) in [4.78, 5) is 14.5. The van der Waals surface area contributed by atoms with Crippen LogP contribution in [-0.2, 0) is 4.74 Å². The van der Waals surface area contributed by atoms with Crippen LogP contribution in [0.4, 0.5) is 4.79 Å². The van der Waals surface area contributed by atoms with Crippen LogP contribution in [0.3, 0.4) is 0 Å². The number of allylic oxidation sites excluding steroid dienone is 2. The van der Waals surface area contributed by atoms with Crippen LogP contribution < -0.4 is 0 Å². The summed E-state index contributed by atoms with van der Waals surface area (Å²) in [6.07, 6.45) is 13.5. The fraction of sp³-hybridized carbons (Fsp3) is 0.400. The van der Waals surface area contributed by atoms with Crippen LogP contribution in [0.1, 0.15) is 19.3 Å². The van der Waals surface area contributed by atoms with E-state index in [-0.39, 0.29) is 6.10 Å². The van der Waals surface area contributed by atoms with E-state index in [1.165, 1.54) is 10.5 Å². The van der Waals surface area contributed by atoms with Crippen LogP contribution in [0.5, 0.6) is 0 Å². The minimum atomic E-state index is -0.964. The molecule has 1 aliphatic carbocycles. The van der Waals surface area contributed by atoms with Gasteiger partial charge in [-0.05, 0) is 37.0 Å². The van der Waals surface area contributed by atoms with E-state index < -0.39 is 6.09 Å². The topological polar surface area (TPSA) is 53.0 Å². The first-order chi connectivity index (χ1) is 9.75. The van der Waals surface area contributed by atoms with Crippen molar-refractivity contribution in [3.63, 3.8) is 0 Å². The summed E-state index contributed by atoms with van der Waals surface area (Å²) in [6, 6.07) is 0.365. The maximum Gasteiger partial charge on any atom is 0.415 e. The van der Waals surface area contributed by atoms with E-state index in [0.29, 0.717) is 12.0 Å². The standard InChI is InChI=1S/C15H16N2O3/c18-15(19)16-6-4-10-11-2-1-3-13-14(11)17(8-9-20-13)12(10)5-7-16/h4-9,11,13-14H,1-3H2,(H,18,19). The number of carbonyl (C=O) groups is 1. The Labute approximate surface area is 117 Å². The Kier molecular flexibility index (Phi) is 2.42. The van der Waals surface area contributed by atoms with Crippen LogP contribution >= 0.6 is 0 Å². The molecule has 0 radical (unpaired) electrons. The normalized spacial score (nSPS) is 33.7. The summed E-state index contributed by atoms with van der Waals surface area (Å²) in [5.74, 6) is 0.434. The van der Waals surface area contributed by atoms with Crippen LogP contribution in [-0.4, -0.2) is 33.1 Å². The molecule has 0 bridgehead atoms. The highest BCUT2D eigenvalue weighted by Gasteiger charge is 2.46. The maximum atomic E-state index is 11.1. The van der Waals surface area contributed by atoms with E-state index in [2.05, 4.69) is 4.90 Å². The van der Waals surface area contributed by atoms with Crippen molar-refractivity contribution in [2.24, 2.45) is 5.92 Å². The van der Waals surface area contributed by atoms with Crippen LogP contribution in [0.15, 0.2) is 48.3 Å². The van der Waals surface area contributed by atoms with E-state index in [1.54, 1.807) is 18.7 Å². The Morgan fingerprint density at radius 3 is 2.95 bits per heavy atom. The SMILES string of the molecule is O=C(O)N1C=CC2=C(C=C1)N1C=COC3CCCC2C31. The lowest BCUT2D eigenvalue weighted by molar-refractivity contribution is 0.00934. The van der Waals surface area contributed by atoms with Gasteiger partial charge in [-0.2, -0.15) is 0 Å². The number of rotatable bonds is 0. The zero-order valence-corrected chi connectivity index (χ0v) is 11.0. The highest BCUT2D eigenvalue weighted by atomic mass is 16.5. The molecule has 4 rings (SSSR count). The third kappa shape index (κ3) is 1.52. The van der Waals surface area contributed by atoms with Crippen molar-refractivity contribution in [2.75, 3.05) is 0 Å². The van der Waals surface area contributed by atoms with Crippen molar-refractivity contribution < 1.29 is 14.6 Å². The molecule has 3 unspecified atom stereocenters. The van der Waals surface area contributed by atoms with E-state index in [0.717, 1.165) is 25.0 Å². The van der Waals surface area contributed by atoms with Gasteiger partial charge in [-0.3, -0.25) is 4.90 Å². The molecule has 5 heteroatoms. The zero-order valence-electron chi connectivity index (χ0n) is 11.0. The monoisotopic (exact) mass is 272 g/mol. The third-order valence-electron chi connectivity index (χ3n) is 4.59. The van der Waals surface area contributed by atoms with Gasteiger partial charge >= 0.3 is 6.09 Å². The number of amides is 1. The minimum absolute atomic E-state index is 0.253. The fourth-order valence-corrected chi connectivity index (χ4v) is 3.76. The van der Waals surface area contributed by atoms with Crippen molar-refractivity contribution in [1.82, 2.24) is 9.80 Å². The van der Waals surface area contributed by atoms with Crippen LogP contribution in [0.2, 0.25) is 0 Å². The highest BCUT2D eigenvalue weighted by Crippen LogP contribution is 2.46. The molecule has 3 aliphatic heterocycles. The zero-order chi connectivity index (χ0) is 13.7. The molecule has 1 saturated carbocycles. The number of hydrogen-bond donors (Lipinski definition) is 1. The lowest BCUT2D eigenvalue weighted by Gasteiger charge is -2.41. The molecule has 20 heavy (non-hydrogen) atoms. The first-order valence-electron chi connectivity index (χ1n) is 6.98. The molecule has 0 saturated heterocycles. The van der Waals surface area contributed by atoms with Crippen molar-refractivity contribution in [3.05, 3.63) is 48.3 Å². The Balaban J connectivity index is 1.75. The maximum absolute atomic E-state index is 11.1. The molecule has 0 aromatic heterocycles. The number of carboxylic acid groups (broad SMARTS) is 1. The fourth-order valence-electron chi connectivity index (χ4n) is 3.76.